The molecule has 0 aliphatic heterocycles. The number of rotatable bonds is 5. The molecular weight excluding hydrogens is 275 g/mol. The smallest absolute Gasteiger partial charge is 0.189 e. The Balaban J connectivity index is 2.21. The summed E-state index contributed by atoms with van der Waals surface area (Å²) < 4.78 is 18.8. The molecule has 0 aliphatic carbocycles. The molecule has 0 saturated carbocycles. The fourth-order valence-electron chi connectivity index (χ4n) is 1.82. The highest BCUT2D eigenvalue weighted by Crippen LogP contribution is 2.22. The molecule has 0 bridgehead atoms. The molecule has 4 N–H and O–H groups in total. The van der Waals surface area contributed by atoms with E-state index in [0.717, 1.165) is 0 Å². The summed E-state index contributed by atoms with van der Waals surface area (Å²) in [6.45, 7) is 0.267. The molecule has 0 amide bonds. The van der Waals surface area contributed by atoms with Crippen molar-refractivity contribution in [2.75, 3.05) is 12.4 Å². The molecule has 1 aromatic heterocycles. The van der Waals surface area contributed by atoms with Gasteiger partial charge in [0.05, 0.1) is 12.8 Å². The van der Waals surface area contributed by atoms with Crippen molar-refractivity contribution >= 4 is 11.5 Å². The number of oxime groups is 1. The average molecular weight is 290 g/mol. The SMILES string of the molecule is COc1ccc(F)c(NCc2cccnc2/C(N)=N/O)c1. The average Bonchev–Trinajstić information content (AvgIpc) is 2.53. The van der Waals surface area contributed by atoms with Crippen LogP contribution in [0.5, 0.6) is 5.75 Å². The van der Waals surface area contributed by atoms with Crippen LogP contribution in [0, 0.1) is 5.82 Å². The zero-order chi connectivity index (χ0) is 15.2. The number of ether oxygens (including phenoxy) is 1. The maximum atomic E-state index is 13.7. The Hall–Kier alpha value is -2.83. The number of nitrogens with one attached hydrogen (secondary N) is 1. The van der Waals surface area contributed by atoms with Crippen LogP contribution in [0.15, 0.2) is 41.7 Å². The van der Waals surface area contributed by atoms with Gasteiger partial charge in [-0.15, -0.1) is 0 Å². The number of benzene rings is 1. The number of pyridine rings is 1. The summed E-state index contributed by atoms with van der Waals surface area (Å²) in [6.07, 6.45) is 1.53. The van der Waals surface area contributed by atoms with E-state index in [9.17, 15) is 4.39 Å². The van der Waals surface area contributed by atoms with Crippen molar-refractivity contribution in [3.8, 4) is 5.75 Å². The van der Waals surface area contributed by atoms with Crippen molar-refractivity contribution < 1.29 is 14.3 Å². The molecule has 0 saturated heterocycles. The van der Waals surface area contributed by atoms with Crippen LogP contribution in [0.4, 0.5) is 10.1 Å². The number of hydrogen-bond donors (Lipinski definition) is 3. The van der Waals surface area contributed by atoms with Crippen LogP contribution in [0.1, 0.15) is 11.3 Å². The number of nitrogens with zero attached hydrogens (tertiary/aromatic N) is 2. The van der Waals surface area contributed by atoms with E-state index in [0.29, 0.717) is 22.7 Å². The van der Waals surface area contributed by atoms with Crippen LogP contribution in [0.2, 0.25) is 0 Å². The lowest BCUT2D eigenvalue weighted by Crippen LogP contribution is -2.18. The number of amidine groups is 1. The topological polar surface area (TPSA) is 92.8 Å². The van der Waals surface area contributed by atoms with E-state index in [1.165, 1.54) is 25.4 Å². The van der Waals surface area contributed by atoms with Crippen LogP contribution in [-0.4, -0.2) is 23.1 Å². The summed E-state index contributed by atoms with van der Waals surface area (Å²) in [5.74, 6) is 0.0466. The predicted octanol–water partition coefficient (Wildman–Crippen LogP) is 1.94. The first-order valence-electron chi connectivity index (χ1n) is 6.15. The van der Waals surface area contributed by atoms with Gasteiger partial charge in [-0.25, -0.2) is 4.39 Å². The third-order valence-electron chi connectivity index (χ3n) is 2.88. The van der Waals surface area contributed by atoms with Crippen molar-refractivity contribution in [2.45, 2.75) is 6.54 Å². The Morgan fingerprint density at radius 3 is 3.00 bits per heavy atom. The second-order valence-corrected chi connectivity index (χ2v) is 4.20. The molecule has 0 atom stereocenters. The Kier molecular flexibility index (Phi) is 4.55. The fourth-order valence-corrected chi connectivity index (χ4v) is 1.82. The van der Waals surface area contributed by atoms with E-state index < -0.39 is 5.82 Å². The Morgan fingerprint density at radius 1 is 1.48 bits per heavy atom. The third-order valence-corrected chi connectivity index (χ3v) is 2.88. The molecule has 2 aromatic rings. The van der Waals surface area contributed by atoms with Crippen LogP contribution in [0.3, 0.4) is 0 Å². The van der Waals surface area contributed by atoms with Crippen molar-refractivity contribution in [1.29, 1.82) is 0 Å². The number of anilines is 1. The van der Waals surface area contributed by atoms with Crippen molar-refractivity contribution in [1.82, 2.24) is 4.98 Å². The molecule has 0 fully saturated rings. The number of aromatic nitrogens is 1. The molecule has 0 radical (unpaired) electrons. The van der Waals surface area contributed by atoms with Crippen molar-refractivity contribution in [3.05, 3.63) is 53.6 Å². The number of methoxy groups -OCH3 is 1. The molecular formula is C14H15FN4O2. The van der Waals surface area contributed by atoms with E-state index in [2.05, 4.69) is 15.5 Å². The summed E-state index contributed by atoms with van der Waals surface area (Å²) in [4.78, 5) is 4.04. The minimum absolute atomic E-state index is 0.0986. The minimum atomic E-state index is -0.398. The molecule has 1 heterocycles. The highest BCUT2D eigenvalue weighted by Gasteiger charge is 2.09. The number of halogens is 1. The summed E-state index contributed by atoms with van der Waals surface area (Å²) in [6, 6.07) is 7.87. The summed E-state index contributed by atoms with van der Waals surface area (Å²) in [7, 11) is 1.51. The van der Waals surface area contributed by atoms with Crippen LogP contribution >= 0.6 is 0 Å². The molecule has 0 spiro atoms. The third kappa shape index (κ3) is 3.38. The Morgan fingerprint density at radius 2 is 2.29 bits per heavy atom. The molecule has 2 rings (SSSR count). The lowest BCUT2D eigenvalue weighted by Gasteiger charge is -2.11. The van der Waals surface area contributed by atoms with E-state index in [-0.39, 0.29) is 12.4 Å². The van der Waals surface area contributed by atoms with Gasteiger partial charge >= 0.3 is 0 Å². The van der Waals surface area contributed by atoms with Gasteiger partial charge in [0.15, 0.2) is 5.84 Å². The first-order valence-corrected chi connectivity index (χ1v) is 6.15. The highest BCUT2D eigenvalue weighted by molar-refractivity contribution is 5.96. The zero-order valence-corrected chi connectivity index (χ0v) is 11.4. The van der Waals surface area contributed by atoms with Gasteiger partial charge in [0, 0.05) is 24.4 Å². The second-order valence-electron chi connectivity index (χ2n) is 4.20. The molecule has 6 nitrogen and oxygen atoms in total. The number of hydrogen-bond acceptors (Lipinski definition) is 5. The second kappa shape index (κ2) is 6.56. The minimum Gasteiger partial charge on any atom is -0.497 e. The normalized spacial score (nSPS) is 11.2. The largest absolute Gasteiger partial charge is 0.497 e. The molecule has 7 heteroatoms. The Bertz CT molecular complexity index is 661. The highest BCUT2D eigenvalue weighted by atomic mass is 19.1. The van der Waals surface area contributed by atoms with Crippen molar-refractivity contribution in [3.63, 3.8) is 0 Å². The molecule has 0 unspecified atom stereocenters. The molecule has 0 aliphatic rings. The van der Waals surface area contributed by atoms with Crippen LogP contribution in [-0.2, 0) is 6.54 Å². The van der Waals surface area contributed by atoms with E-state index in [4.69, 9.17) is 15.7 Å². The fraction of sp³-hybridized carbons (Fsp3) is 0.143. The van der Waals surface area contributed by atoms with E-state index >= 15 is 0 Å². The van der Waals surface area contributed by atoms with Gasteiger partial charge in [0.1, 0.15) is 17.3 Å². The maximum Gasteiger partial charge on any atom is 0.189 e. The maximum absolute atomic E-state index is 13.7. The van der Waals surface area contributed by atoms with Crippen molar-refractivity contribution in [2.24, 2.45) is 10.9 Å². The van der Waals surface area contributed by atoms with Gasteiger partial charge in [-0.3, -0.25) is 4.98 Å². The molecule has 1 aromatic carbocycles. The first-order chi connectivity index (χ1) is 10.2. The molecule has 110 valence electrons. The van der Waals surface area contributed by atoms with E-state index in [1.807, 2.05) is 0 Å². The van der Waals surface area contributed by atoms with Gasteiger partial charge in [0.25, 0.3) is 0 Å². The predicted molar refractivity (Wildman–Crippen MR) is 77.0 cm³/mol. The molecule has 21 heavy (non-hydrogen) atoms. The summed E-state index contributed by atoms with van der Waals surface area (Å²) >= 11 is 0. The van der Waals surface area contributed by atoms with Crippen LogP contribution in [0.25, 0.3) is 0 Å². The summed E-state index contributed by atoms with van der Waals surface area (Å²) in [5, 5.41) is 14.6. The first kappa shape index (κ1) is 14.6. The van der Waals surface area contributed by atoms with Crippen LogP contribution < -0.4 is 15.8 Å². The summed E-state index contributed by atoms with van der Waals surface area (Å²) in [5.41, 5.74) is 6.87. The standard InChI is InChI=1S/C14H15FN4O2/c1-21-10-4-5-11(15)12(7-10)18-8-9-3-2-6-17-13(9)14(16)19-20/h2-7,18,20H,8H2,1H3,(H2,16,19). The Labute approximate surface area is 121 Å². The quantitative estimate of drug-likeness (QED) is 0.339. The van der Waals surface area contributed by atoms with Gasteiger partial charge in [-0.05, 0) is 18.2 Å². The monoisotopic (exact) mass is 290 g/mol. The van der Waals surface area contributed by atoms with E-state index in [1.54, 1.807) is 18.2 Å². The number of nitrogens with two attached hydrogens (primary N) is 1. The van der Waals surface area contributed by atoms with Gasteiger partial charge < -0.3 is 21.0 Å². The lowest BCUT2D eigenvalue weighted by molar-refractivity contribution is 0.318. The lowest BCUT2D eigenvalue weighted by atomic mass is 10.1. The zero-order valence-electron chi connectivity index (χ0n) is 11.4. The van der Waals surface area contributed by atoms with Gasteiger partial charge in [-0.2, -0.15) is 0 Å². The van der Waals surface area contributed by atoms with Gasteiger partial charge in [0.2, 0.25) is 0 Å². The van der Waals surface area contributed by atoms with Gasteiger partial charge in [-0.1, -0.05) is 11.2 Å².